The molecule has 2 aromatic heterocycles. The molecular weight excluding hydrogens is 445 g/mol. The zero-order chi connectivity index (χ0) is 23.9. The molecule has 1 aliphatic carbocycles. The number of benzene rings is 1. The van der Waals surface area contributed by atoms with Crippen LogP contribution in [0.4, 0.5) is 19.0 Å². The zero-order valence-corrected chi connectivity index (χ0v) is 18.2. The SMILES string of the molecule is N#Cc1cccnc1N1CCN(C(=O)c2cnn(-c3cccc(C(F)(F)F)c3)c2C2CC2)CC1. The third kappa shape index (κ3) is 4.09. The number of alkyl halides is 3. The lowest BCUT2D eigenvalue weighted by Gasteiger charge is -2.35. The molecule has 1 saturated heterocycles. The quantitative estimate of drug-likeness (QED) is 0.581. The standard InChI is InChI=1S/C24H21F3N6O/c25-24(26,27)18-4-1-5-19(13-18)33-21(16-6-7-16)20(15-30-33)23(34)32-11-9-31(10-12-32)22-17(14-28)3-2-8-29-22/h1-5,8,13,15-16H,6-7,9-12H2. The molecule has 0 spiro atoms. The molecule has 10 heteroatoms. The Balaban J connectivity index is 1.38. The van der Waals surface area contributed by atoms with E-state index in [1.807, 2.05) is 4.90 Å². The minimum Gasteiger partial charge on any atom is -0.352 e. The number of aromatic nitrogens is 3. The van der Waals surface area contributed by atoms with Gasteiger partial charge < -0.3 is 9.80 Å². The van der Waals surface area contributed by atoms with Crippen molar-refractivity contribution in [3.8, 4) is 11.8 Å². The smallest absolute Gasteiger partial charge is 0.352 e. The van der Waals surface area contributed by atoms with Crippen LogP contribution in [0.15, 0.2) is 48.8 Å². The van der Waals surface area contributed by atoms with Crippen LogP contribution in [0.2, 0.25) is 0 Å². The topological polar surface area (TPSA) is 78.1 Å². The van der Waals surface area contributed by atoms with Gasteiger partial charge >= 0.3 is 6.18 Å². The number of carbonyl (C=O) groups excluding carboxylic acids is 1. The minimum atomic E-state index is -4.46. The molecule has 3 heterocycles. The van der Waals surface area contributed by atoms with Gasteiger partial charge in [-0.15, -0.1) is 0 Å². The van der Waals surface area contributed by atoms with Crippen LogP contribution < -0.4 is 4.90 Å². The maximum atomic E-state index is 13.4. The highest BCUT2D eigenvalue weighted by atomic mass is 19.4. The van der Waals surface area contributed by atoms with Crippen LogP contribution in [-0.2, 0) is 6.18 Å². The third-order valence-electron chi connectivity index (χ3n) is 6.19. The lowest BCUT2D eigenvalue weighted by atomic mass is 10.1. The van der Waals surface area contributed by atoms with E-state index >= 15 is 0 Å². The second-order valence-electron chi connectivity index (χ2n) is 8.44. The Bertz CT molecular complexity index is 1270. The van der Waals surface area contributed by atoms with Crippen molar-refractivity contribution in [3.63, 3.8) is 0 Å². The van der Waals surface area contributed by atoms with Gasteiger partial charge in [0, 0.05) is 38.3 Å². The van der Waals surface area contributed by atoms with Crippen molar-refractivity contribution < 1.29 is 18.0 Å². The summed E-state index contributed by atoms with van der Waals surface area (Å²) >= 11 is 0. The first-order chi connectivity index (χ1) is 16.4. The highest BCUT2D eigenvalue weighted by Gasteiger charge is 2.36. The number of nitrogens with zero attached hydrogens (tertiary/aromatic N) is 6. The molecular formula is C24H21F3N6O. The van der Waals surface area contributed by atoms with Gasteiger partial charge in [0.1, 0.15) is 11.9 Å². The van der Waals surface area contributed by atoms with Gasteiger partial charge in [-0.05, 0) is 43.2 Å². The Morgan fingerprint density at radius 2 is 1.85 bits per heavy atom. The van der Waals surface area contributed by atoms with E-state index in [1.54, 1.807) is 29.3 Å². The van der Waals surface area contributed by atoms with Crippen LogP contribution >= 0.6 is 0 Å². The van der Waals surface area contributed by atoms with Crippen molar-refractivity contribution in [2.75, 3.05) is 31.1 Å². The van der Waals surface area contributed by atoms with Crippen LogP contribution in [0.25, 0.3) is 5.69 Å². The molecule has 34 heavy (non-hydrogen) atoms. The van der Waals surface area contributed by atoms with Crippen molar-refractivity contribution in [3.05, 3.63) is 71.2 Å². The largest absolute Gasteiger partial charge is 0.416 e. The summed E-state index contributed by atoms with van der Waals surface area (Å²) in [7, 11) is 0. The van der Waals surface area contributed by atoms with Crippen LogP contribution in [0.3, 0.4) is 0 Å². The molecule has 1 saturated carbocycles. The van der Waals surface area contributed by atoms with Gasteiger partial charge in [-0.1, -0.05) is 6.07 Å². The summed E-state index contributed by atoms with van der Waals surface area (Å²) < 4.78 is 41.1. The number of rotatable bonds is 4. The van der Waals surface area contributed by atoms with E-state index in [2.05, 4.69) is 16.2 Å². The van der Waals surface area contributed by atoms with Gasteiger partial charge in [0.2, 0.25) is 0 Å². The fraction of sp³-hybridized carbons (Fsp3) is 0.333. The Hall–Kier alpha value is -3.87. The summed E-state index contributed by atoms with van der Waals surface area (Å²) in [5.41, 5.74) is 1.13. The molecule has 1 amide bonds. The van der Waals surface area contributed by atoms with E-state index in [1.165, 1.54) is 16.9 Å². The van der Waals surface area contributed by atoms with E-state index in [4.69, 9.17) is 0 Å². The van der Waals surface area contributed by atoms with E-state index in [0.717, 1.165) is 25.0 Å². The average Bonchev–Trinajstić information content (AvgIpc) is 3.60. The highest BCUT2D eigenvalue weighted by Crippen LogP contribution is 2.43. The molecule has 1 aromatic carbocycles. The maximum Gasteiger partial charge on any atom is 0.416 e. The fourth-order valence-electron chi connectivity index (χ4n) is 4.32. The third-order valence-corrected chi connectivity index (χ3v) is 6.19. The van der Waals surface area contributed by atoms with E-state index in [9.17, 15) is 23.2 Å². The molecule has 2 aliphatic rings. The van der Waals surface area contributed by atoms with Crippen molar-refractivity contribution in [1.82, 2.24) is 19.7 Å². The van der Waals surface area contributed by atoms with Gasteiger partial charge in [-0.25, -0.2) is 9.67 Å². The first-order valence-electron chi connectivity index (χ1n) is 11.0. The second kappa shape index (κ2) is 8.48. The number of anilines is 1. The molecule has 0 atom stereocenters. The average molecular weight is 466 g/mol. The predicted molar refractivity (Wildman–Crippen MR) is 118 cm³/mol. The van der Waals surface area contributed by atoms with E-state index in [-0.39, 0.29) is 11.8 Å². The Morgan fingerprint density at radius 1 is 1.09 bits per heavy atom. The van der Waals surface area contributed by atoms with Crippen molar-refractivity contribution in [1.29, 1.82) is 5.26 Å². The number of hydrogen-bond acceptors (Lipinski definition) is 5. The van der Waals surface area contributed by atoms with E-state index < -0.39 is 11.7 Å². The number of nitriles is 1. The molecule has 0 radical (unpaired) electrons. The number of carbonyl (C=O) groups is 1. The number of piperazine rings is 1. The second-order valence-corrected chi connectivity index (χ2v) is 8.44. The summed E-state index contributed by atoms with van der Waals surface area (Å²) in [4.78, 5) is 21.4. The summed E-state index contributed by atoms with van der Waals surface area (Å²) in [6.07, 6.45) is 0.387. The molecule has 2 fully saturated rings. The lowest BCUT2D eigenvalue weighted by molar-refractivity contribution is -0.137. The predicted octanol–water partition coefficient (Wildman–Crippen LogP) is 4.00. The molecule has 1 aliphatic heterocycles. The molecule has 3 aromatic rings. The summed E-state index contributed by atoms with van der Waals surface area (Å²) in [5, 5.41) is 13.6. The molecule has 0 N–H and O–H groups in total. The Labute approximate surface area is 194 Å². The lowest BCUT2D eigenvalue weighted by Crippen LogP contribution is -2.49. The number of hydrogen-bond donors (Lipinski definition) is 0. The summed E-state index contributed by atoms with van der Waals surface area (Å²) in [5.74, 6) is 0.526. The molecule has 5 rings (SSSR count). The fourth-order valence-corrected chi connectivity index (χ4v) is 4.32. The normalized spacial score (nSPS) is 16.4. The van der Waals surface area contributed by atoms with Gasteiger partial charge in [-0.3, -0.25) is 4.79 Å². The van der Waals surface area contributed by atoms with E-state index in [0.29, 0.717) is 54.5 Å². The van der Waals surface area contributed by atoms with Crippen LogP contribution in [0.5, 0.6) is 0 Å². The Morgan fingerprint density at radius 3 is 2.53 bits per heavy atom. The number of halogens is 3. The first-order valence-corrected chi connectivity index (χ1v) is 11.0. The van der Waals surface area contributed by atoms with Crippen LogP contribution in [0, 0.1) is 11.3 Å². The van der Waals surface area contributed by atoms with Crippen molar-refractivity contribution >= 4 is 11.7 Å². The summed E-state index contributed by atoms with van der Waals surface area (Å²) in [6, 6.07) is 10.6. The van der Waals surface area contributed by atoms with Gasteiger partial charge in [0.15, 0.2) is 0 Å². The highest BCUT2D eigenvalue weighted by molar-refractivity contribution is 5.95. The Kier molecular flexibility index (Phi) is 5.48. The monoisotopic (exact) mass is 466 g/mol. The minimum absolute atomic E-state index is 0.101. The van der Waals surface area contributed by atoms with Gasteiger partial charge in [0.05, 0.1) is 34.3 Å². The summed E-state index contributed by atoms with van der Waals surface area (Å²) in [6.45, 7) is 1.94. The van der Waals surface area contributed by atoms with Gasteiger partial charge in [0.25, 0.3) is 5.91 Å². The number of amides is 1. The molecule has 0 bridgehead atoms. The first kappa shape index (κ1) is 21.9. The maximum absolute atomic E-state index is 13.4. The van der Waals surface area contributed by atoms with Crippen molar-refractivity contribution in [2.24, 2.45) is 0 Å². The van der Waals surface area contributed by atoms with Gasteiger partial charge in [-0.2, -0.15) is 23.5 Å². The molecule has 174 valence electrons. The number of pyridine rings is 1. The van der Waals surface area contributed by atoms with Crippen LogP contribution in [0.1, 0.15) is 45.9 Å². The zero-order valence-electron chi connectivity index (χ0n) is 18.2. The molecule has 0 unspecified atom stereocenters. The van der Waals surface area contributed by atoms with Crippen LogP contribution in [-0.4, -0.2) is 51.8 Å². The van der Waals surface area contributed by atoms with Crippen molar-refractivity contribution in [2.45, 2.75) is 24.9 Å². The molecule has 7 nitrogen and oxygen atoms in total.